The average Bonchev–Trinajstić information content (AvgIpc) is 2.82. The first-order chi connectivity index (χ1) is 16.0. The number of hydrogen-bond donors (Lipinski definition) is 0. The van der Waals surface area contributed by atoms with E-state index in [0.717, 1.165) is 55.4 Å². The topological polar surface area (TPSA) is 9.23 Å². The zero-order valence-corrected chi connectivity index (χ0v) is 21.5. The second kappa shape index (κ2) is 13.7. The van der Waals surface area contributed by atoms with Gasteiger partial charge in [0.15, 0.2) is 17.4 Å². The standard InChI is InChI=1S/C30H48F2O/c1-4-6-7-8-9-11-22(3)33-30-28(31)20-27(21-29(30)32)26-18-16-25(17-19-26)24-14-12-23(10-5-2)13-15-24/h20-26H,4-19H2,1-3H3. The third kappa shape index (κ3) is 7.96. The first kappa shape index (κ1) is 26.5. The molecular formula is C30H48F2O. The Balaban J connectivity index is 1.47. The van der Waals surface area contributed by atoms with Crippen LogP contribution in [0.1, 0.15) is 135 Å². The van der Waals surface area contributed by atoms with Gasteiger partial charge in [-0.3, -0.25) is 0 Å². The third-order valence-electron chi connectivity index (χ3n) is 8.55. The molecule has 33 heavy (non-hydrogen) atoms. The Labute approximate surface area is 202 Å². The molecule has 0 spiro atoms. The van der Waals surface area contributed by atoms with Gasteiger partial charge in [-0.2, -0.15) is 0 Å². The second-order valence-electron chi connectivity index (χ2n) is 11.1. The highest BCUT2D eigenvalue weighted by Gasteiger charge is 2.31. The molecular weight excluding hydrogens is 414 g/mol. The molecule has 0 bridgehead atoms. The van der Waals surface area contributed by atoms with Crippen molar-refractivity contribution in [1.29, 1.82) is 0 Å². The van der Waals surface area contributed by atoms with Crippen molar-refractivity contribution >= 4 is 0 Å². The van der Waals surface area contributed by atoms with Crippen molar-refractivity contribution < 1.29 is 13.5 Å². The largest absolute Gasteiger partial charge is 0.485 e. The van der Waals surface area contributed by atoms with Crippen molar-refractivity contribution in [2.45, 2.75) is 136 Å². The fraction of sp³-hybridized carbons (Fsp3) is 0.800. The second-order valence-corrected chi connectivity index (χ2v) is 11.1. The zero-order valence-electron chi connectivity index (χ0n) is 21.5. The molecule has 2 saturated carbocycles. The number of halogens is 2. The number of rotatable bonds is 12. The summed E-state index contributed by atoms with van der Waals surface area (Å²) in [5.74, 6) is 1.70. The Kier molecular flexibility index (Phi) is 11.0. The third-order valence-corrected chi connectivity index (χ3v) is 8.55. The number of hydrogen-bond acceptors (Lipinski definition) is 1. The first-order valence-electron chi connectivity index (χ1n) is 14.2. The number of unbranched alkanes of at least 4 members (excludes halogenated alkanes) is 4. The minimum Gasteiger partial charge on any atom is -0.485 e. The molecule has 0 heterocycles. The van der Waals surface area contributed by atoms with Crippen molar-refractivity contribution in [3.63, 3.8) is 0 Å². The van der Waals surface area contributed by atoms with E-state index in [9.17, 15) is 8.78 Å². The van der Waals surface area contributed by atoms with Crippen LogP contribution in [0.4, 0.5) is 8.78 Å². The van der Waals surface area contributed by atoms with E-state index in [4.69, 9.17) is 4.74 Å². The lowest BCUT2D eigenvalue weighted by Gasteiger charge is -2.38. The Morgan fingerprint density at radius 1 is 0.788 bits per heavy atom. The van der Waals surface area contributed by atoms with Crippen molar-refractivity contribution in [3.05, 3.63) is 29.3 Å². The van der Waals surface area contributed by atoms with E-state index in [0.29, 0.717) is 0 Å². The molecule has 0 N–H and O–H groups in total. The van der Waals surface area contributed by atoms with Crippen molar-refractivity contribution in [1.82, 2.24) is 0 Å². The smallest absolute Gasteiger partial charge is 0.191 e. The molecule has 0 amide bonds. The summed E-state index contributed by atoms with van der Waals surface area (Å²) in [5, 5.41) is 0. The molecule has 1 atom stereocenters. The van der Waals surface area contributed by atoms with E-state index >= 15 is 0 Å². The Morgan fingerprint density at radius 2 is 1.36 bits per heavy atom. The van der Waals surface area contributed by atoms with Crippen molar-refractivity contribution in [3.8, 4) is 5.75 Å². The maximum absolute atomic E-state index is 14.8. The van der Waals surface area contributed by atoms with Crippen LogP contribution in [0, 0.1) is 29.4 Å². The average molecular weight is 463 g/mol. The maximum Gasteiger partial charge on any atom is 0.191 e. The van der Waals surface area contributed by atoms with Gasteiger partial charge in [-0.25, -0.2) is 8.78 Å². The lowest BCUT2D eigenvalue weighted by molar-refractivity contribution is 0.156. The highest BCUT2D eigenvalue weighted by Crippen LogP contribution is 2.45. The summed E-state index contributed by atoms with van der Waals surface area (Å²) < 4.78 is 35.3. The van der Waals surface area contributed by atoms with Crippen LogP contribution in [0.25, 0.3) is 0 Å². The summed E-state index contributed by atoms with van der Waals surface area (Å²) in [4.78, 5) is 0. The molecule has 1 unspecified atom stereocenters. The highest BCUT2D eigenvalue weighted by atomic mass is 19.1. The molecule has 0 radical (unpaired) electrons. The number of ether oxygens (including phenoxy) is 1. The van der Waals surface area contributed by atoms with Gasteiger partial charge in [0, 0.05) is 0 Å². The SMILES string of the molecule is CCCCCCCC(C)Oc1c(F)cc(C2CCC(C3CCC(CCC)CC3)CC2)cc1F. The molecule has 3 heteroatoms. The molecule has 0 aromatic heterocycles. The zero-order chi connectivity index (χ0) is 23.6. The van der Waals surface area contributed by atoms with Gasteiger partial charge in [-0.05, 0) is 99.7 Å². The van der Waals surface area contributed by atoms with Crippen LogP contribution in [-0.2, 0) is 0 Å². The Hall–Kier alpha value is -1.12. The van der Waals surface area contributed by atoms with Gasteiger partial charge in [0.1, 0.15) is 0 Å². The van der Waals surface area contributed by atoms with Crippen LogP contribution in [0.3, 0.4) is 0 Å². The van der Waals surface area contributed by atoms with Gasteiger partial charge in [0.2, 0.25) is 0 Å². The van der Waals surface area contributed by atoms with Gasteiger partial charge in [-0.15, -0.1) is 0 Å². The monoisotopic (exact) mass is 462 g/mol. The molecule has 1 aromatic carbocycles. The summed E-state index contributed by atoms with van der Waals surface area (Å²) in [6.07, 6.45) is 19.5. The van der Waals surface area contributed by atoms with E-state index in [1.807, 2.05) is 6.92 Å². The quantitative estimate of drug-likeness (QED) is 0.281. The van der Waals surface area contributed by atoms with Crippen LogP contribution in [-0.4, -0.2) is 6.10 Å². The summed E-state index contributed by atoms with van der Waals surface area (Å²) in [6, 6.07) is 3.10. The summed E-state index contributed by atoms with van der Waals surface area (Å²) in [6.45, 7) is 6.42. The van der Waals surface area contributed by atoms with Crippen molar-refractivity contribution in [2.75, 3.05) is 0 Å². The van der Waals surface area contributed by atoms with Gasteiger partial charge in [-0.1, -0.05) is 65.2 Å². The summed E-state index contributed by atoms with van der Waals surface area (Å²) in [5.41, 5.74) is 0.828. The fourth-order valence-corrected chi connectivity index (χ4v) is 6.50. The van der Waals surface area contributed by atoms with E-state index < -0.39 is 11.6 Å². The first-order valence-corrected chi connectivity index (χ1v) is 14.2. The fourth-order valence-electron chi connectivity index (χ4n) is 6.50. The van der Waals surface area contributed by atoms with Crippen LogP contribution in [0.2, 0.25) is 0 Å². The Morgan fingerprint density at radius 3 is 1.94 bits per heavy atom. The molecule has 2 aliphatic carbocycles. The molecule has 0 aliphatic heterocycles. The van der Waals surface area contributed by atoms with Gasteiger partial charge < -0.3 is 4.74 Å². The normalized spacial score (nSPS) is 26.8. The molecule has 0 saturated heterocycles. The van der Waals surface area contributed by atoms with Gasteiger partial charge in [0.05, 0.1) is 6.10 Å². The van der Waals surface area contributed by atoms with Crippen LogP contribution >= 0.6 is 0 Å². The van der Waals surface area contributed by atoms with Crippen molar-refractivity contribution in [2.24, 2.45) is 17.8 Å². The van der Waals surface area contributed by atoms with E-state index in [-0.39, 0.29) is 17.8 Å². The lowest BCUT2D eigenvalue weighted by atomic mass is 9.68. The minimum absolute atomic E-state index is 0.163. The molecule has 2 fully saturated rings. The molecule has 3 rings (SSSR count). The van der Waals surface area contributed by atoms with Crippen LogP contribution in [0.5, 0.6) is 5.75 Å². The van der Waals surface area contributed by atoms with Crippen LogP contribution in [0.15, 0.2) is 12.1 Å². The predicted molar refractivity (Wildman–Crippen MR) is 135 cm³/mol. The summed E-state index contributed by atoms with van der Waals surface area (Å²) in [7, 11) is 0. The minimum atomic E-state index is -0.529. The molecule has 1 aromatic rings. The Bertz CT molecular complexity index is 664. The molecule has 1 nitrogen and oxygen atoms in total. The summed E-state index contributed by atoms with van der Waals surface area (Å²) >= 11 is 0. The predicted octanol–water partition coefficient (Wildman–Crippen LogP) is 9.97. The van der Waals surface area contributed by atoms with Gasteiger partial charge >= 0.3 is 0 Å². The number of benzene rings is 1. The van der Waals surface area contributed by atoms with Crippen LogP contribution < -0.4 is 4.74 Å². The van der Waals surface area contributed by atoms with Gasteiger partial charge in [0.25, 0.3) is 0 Å². The molecule has 2 aliphatic rings. The molecule has 188 valence electrons. The van der Waals surface area contributed by atoms with E-state index in [1.54, 1.807) is 12.1 Å². The van der Waals surface area contributed by atoms with E-state index in [2.05, 4.69) is 13.8 Å². The highest BCUT2D eigenvalue weighted by molar-refractivity contribution is 5.33. The van der Waals surface area contributed by atoms with E-state index in [1.165, 1.54) is 70.6 Å². The maximum atomic E-state index is 14.8. The lowest BCUT2D eigenvalue weighted by Crippen LogP contribution is -2.25.